The number of aromatic amines is 1. The zero-order chi connectivity index (χ0) is 21.0. The summed E-state index contributed by atoms with van der Waals surface area (Å²) in [6.07, 6.45) is 3.35. The first kappa shape index (κ1) is 19.7. The van der Waals surface area contributed by atoms with Crippen molar-refractivity contribution in [2.24, 2.45) is 0 Å². The molecule has 0 saturated carbocycles. The Bertz CT molecular complexity index is 1010. The average Bonchev–Trinajstić information content (AvgIpc) is 2.99. The summed E-state index contributed by atoms with van der Waals surface area (Å²) in [6, 6.07) is 1.75. The maximum atomic E-state index is 13.0. The first-order valence-corrected chi connectivity index (χ1v) is 10.3. The fraction of sp³-hybridized carbons (Fsp3) is 0.591. The van der Waals surface area contributed by atoms with Crippen LogP contribution >= 0.6 is 0 Å². The third kappa shape index (κ3) is 3.47. The topological polar surface area (TPSA) is 91.8 Å². The number of nitrogens with zero attached hydrogens (tertiary/aromatic N) is 4. The van der Waals surface area contributed by atoms with Gasteiger partial charge in [-0.2, -0.15) is 0 Å². The normalized spacial score (nSPS) is 18.2. The van der Waals surface area contributed by atoms with Crippen molar-refractivity contribution in [2.45, 2.75) is 71.1 Å². The van der Waals surface area contributed by atoms with Gasteiger partial charge in [-0.3, -0.25) is 9.59 Å². The van der Waals surface area contributed by atoms with Gasteiger partial charge < -0.3 is 9.88 Å². The molecule has 3 heterocycles. The molecule has 0 radical (unpaired) electrons. The number of rotatable bonds is 1. The van der Waals surface area contributed by atoms with Gasteiger partial charge in [-0.1, -0.05) is 20.8 Å². The summed E-state index contributed by atoms with van der Waals surface area (Å²) in [5.74, 6) is 1.32. The molecule has 154 valence electrons. The molecule has 0 unspecified atom stereocenters. The predicted octanol–water partition coefficient (Wildman–Crippen LogP) is 2.59. The molecule has 1 aliphatic carbocycles. The van der Waals surface area contributed by atoms with E-state index in [1.165, 1.54) is 0 Å². The first-order valence-electron chi connectivity index (χ1n) is 10.3. The zero-order valence-corrected chi connectivity index (χ0v) is 17.9. The molecular formula is C22H29N5O2. The van der Waals surface area contributed by atoms with E-state index in [4.69, 9.17) is 4.98 Å². The van der Waals surface area contributed by atoms with Gasteiger partial charge in [0.2, 0.25) is 0 Å². The highest BCUT2D eigenvalue weighted by Crippen LogP contribution is 2.44. The van der Waals surface area contributed by atoms with E-state index in [-0.39, 0.29) is 22.3 Å². The monoisotopic (exact) mass is 395 g/mol. The largest absolute Gasteiger partial charge is 0.337 e. The van der Waals surface area contributed by atoms with Gasteiger partial charge in [0.1, 0.15) is 17.3 Å². The Balaban J connectivity index is 1.59. The van der Waals surface area contributed by atoms with E-state index in [1.807, 2.05) is 11.8 Å². The lowest BCUT2D eigenvalue weighted by molar-refractivity contribution is 0.0656. The molecule has 29 heavy (non-hydrogen) atoms. The van der Waals surface area contributed by atoms with Gasteiger partial charge in [-0.25, -0.2) is 15.0 Å². The molecule has 1 saturated heterocycles. The molecule has 2 aromatic heterocycles. The van der Waals surface area contributed by atoms with Crippen LogP contribution in [0.3, 0.4) is 0 Å². The van der Waals surface area contributed by atoms with E-state index < -0.39 is 0 Å². The van der Waals surface area contributed by atoms with Crippen LogP contribution in [0.2, 0.25) is 0 Å². The van der Waals surface area contributed by atoms with E-state index in [1.54, 1.807) is 13.0 Å². The molecule has 7 heteroatoms. The van der Waals surface area contributed by atoms with Gasteiger partial charge in [0.05, 0.1) is 5.69 Å². The molecular weight excluding hydrogens is 366 g/mol. The molecule has 4 rings (SSSR count). The minimum Gasteiger partial charge on any atom is -0.337 e. The molecule has 0 bridgehead atoms. The molecule has 0 atom stereocenters. The van der Waals surface area contributed by atoms with Crippen LogP contribution in [0.5, 0.6) is 0 Å². The van der Waals surface area contributed by atoms with Crippen molar-refractivity contribution in [3.63, 3.8) is 0 Å². The van der Waals surface area contributed by atoms with E-state index in [0.717, 1.165) is 48.5 Å². The van der Waals surface area contributed by atoms with Crippen LogP contribution in [0.1, 0.15) is 79.1 Å². The van der Waals surface area contributed by atoms with Crippen molar-refractivity contribution < 1.29 is 4.79 Å². The Kier molecular flexibility index (Phi) is 4.59. The van der Waals surface area contributed by atoms with Crippen LogP contribution < -0.4 is 5.56 Å². The summed E-state index contributed by atoms with van der Waals surface area (Å²) in [5, 5.41) is 0. The minimum absolute atomic E-state index is 0.00208. The van der Waals surface area contributed by atoms with Crippen molar-refractivity contribution in [3.05, 3.63) is 50.7 Å². The smallest absolute Gasteiger partial charge is 0.272 e. The van der Waals surface area contributed by atoms with Gasteiger partial charge in [-0.15, -0.1) is 0 Å². The molecule has 1 fully saturated rings. The van der Waals surface area contributed by atoms with Crippen molar-refractivity contribution in [1.82, 2.24) is 24.8 Å². The van der Waals surface area contributed by atoms with E-state index in [2.05, 4.69) is 35.7 Å². The van der Waals surface area contributed by atoms with Crippen molar-refractivity contribution in [1.29, 1.82) is 0 Å². The molecule has 0 aromatic carbocycles. The molecule has 7 nitrogen and oxygen atoms in total. The number of aryl methyl sites for hydroxylation is 2. The van der Waals surface area contributed by atoms with Crippen LogP contribution in [0.25, 0.3) is 0 Å². The summed E-state index contributed by atoms with van der Waals surface area (Å²) >= 11 is 0. The van der Waals surface area contributed by atoms with Crippen LogP contribution in [-0.4, -0.2) is 43.8 Å². The highest BCUT2D eigenvalue weighted by Gasteiger charge is 2.45. The highest BCUT2D eigenvalue weighted by molar-refractivity contribution is 5.92. The number of nitrogens with one attached hydrogen (secondary N) is 1. The second-order valence-corrected chi connectivity index (χ2v) is 9.51. The molecule has 2 aromatic rings. The summed E-state index contributed by atoms with van der Waals surface area (Å²) in [5.41, 5.74) is 2.75. The minimum atomic E-state index is -0.211. The van der Waals surface area contributed by atoms with Crippen LogP contribution in [-0.2, 0) is 17.3 Å². The predicted molar refractivity (Wildman–Crippen MR) is 110 cm³/mol. The number of piperidine rings is 1. The Morgan fingerprint density at radius 3 is 2.41 bits per heavy atom. The highest BCUT2D eigenvalue weighted by atomic mass is 16.2. The number of hydrogen-bond donors (Lipinski definition) is 1. The van der Waals surface area contributed by atoms with Crippen molar-refractivity contribution >= 4 is 5.91 Å². The average molecular weight is 396 g/mol. The van der Waals surface area contributed by atoms with E-state index in [0.29, 0.717) is 24.6 Å². The second-order valence-electron chi connectivity index (χ2n) is 9.51. The Hall–Kier alpha value is -2.57. The number of carbonyl (C=O) groups excluding carboxylic acids is 1. The summed E-state index contributed by atoms with van der Waals surface area (Å²) in [7, 11) is 0. The molecule has 1 spiro atoms. The first-order chi connectivity index (χ1) is 13.6. The molecule has 1 aliphatic heterocycles. The van der Waals surface area contributed by atoms with Gasteiger partial charge in [0, 0.05) is 35.2 Å². The van der Waals surface area contributed by atoms with Crippen LogP contribution in [0.4, 0.5) is 0 Å². The van der Waals surface area contributed by atoms with Gasteiger partial charge >= 0.3 is 0 Å². The number of likely N-dealkylation sites (tertiary alicyclic amines) is 1. The van der Waals surface area contributed by atoms with Gasteiger partial charge in [0.15, 0.2) is 0 Å². The lowest BCUT2D eigenvalue weighted by Gasteiger charge is -2.39. The maximum absolute atomic E-state index is 13.0. The molecule has 2 aliphatic rings. The number of hydrogen-bond acceptors (Lipinski definition) is 5. The number of H-pyrrole nitrogens is 1. The fourth-order valence-electron chi connectivity index (χ4n) is 4.62. The standard InChI is InChI=1S/C22H29N5O2/c1-13-12-16(24-14(2)23-13)19(29)27-10-8-22(9-11-27)7-6-15-17(22)25-20(21(3,4)5)26-18(15)28/h12H,6-11H2,1-5H3,(H,25,26,28). The van der Waals surface area contributed by atoms with Crippen molar-refractivity contribution in [3.8, 4) is 0 Å². The van der Waals surface area contributed by atoms with Crippen LogP contribution in [0, 0.1) is 13.8 Å². The van der Waals surface area contributed by atoms with Gasteiger partial charge in [0.25, 0.3) is 11.5 Å². The Morgan fingerprint density at radius 1 is 1.10 bits per heavy atom. The number of amides is 1. The molecule has 1 N–H and O–H groups in total. The quantitative estimate of drug-likeness (QED) is 0.801. The third-order valence-corrected chi connectivity index (χ3v) is 6.27. The second kappa shape index (κ2) is 6.75. The number of carbonyl (C=O) groups is 1. The SMILES string of the molecule is Cc1cc(C(=O)N2CCC3(CCc4c3nc(C(C)(C)C)[nH]c4=O)CC2)nc(C)n1. The van der Waals surface area contributed by atoms with Crippen LogP contribution in [0.15, 0.2) is 10.9 Å². The summed E-state index contributed by atoms with van der Waals surface area (Å²) < 4.78 is 0. The van der Waals surface area contributed by atoms with Gasteiger partial charge in [-0.05, 0) is 45.6 Å². The van der Waals surface area contributed by atoms with E-state index >= 15 is 0 Å². The van der Waals surface area contributed by atoms with Crippen molar-refractivity contribution in [2.75, 3.05) is 13.1 Å². The lowest BCUT2D eigenvalue weighted by atomic mass is 9.76. The lowest BCUT2D eigenvalue weighted by Crippen LogP contribution is -2.45. The Labute approximate surface area is 171 Å². The number of fused-ring (bicyclic) bond motifs is 2. The zero-order valence-electron chi connectivity index (χ0n) is 17.9. The maximum Gasteiger partial charge on any atom is 0.272 e. The van der Waals surface area contributed by atoms with E-state index in [9.17, 15) is 9.59 Å². The third-order valence-electron chi connectivity index (χ3n) is 6.27. The summed E-state index contributed by atoms with van der Waals surface area (Å²) in [4.78, 5) is 44.0. The number of aromatic nitrogens is 4. The fourth-order valence-corrected chi connectivity index (χ4v) is 4.62. The summed E-state index contributed by atoms with van der Waals surface area (Å²) in [6.45, 7) is 11.2. The Morgan fingerprint density at radius 2 is 1.79 bits per heavy atom. The molecule has 1 amide bonds.